The number of nitrogens with zero attached hydrogens (tertiary/aromatic N) is 1. The highest BCUT2D eigenvalue weighted by molar-refractivity contribution is 5.97. The van der Waals surface area contributed by atoms with Gasteiger partial charge in [-0.3, -0.25) is 52.7 Å². The van der Waals surface area contributed by atoms with E-state index in [0.29, 0.717) is 38.5 Å². The van der Waals surface area contributed by atoms with Gasteiger partial charge in [-0.15, -0.1) is 0 Å². The number of hydrogen-bond donors (Lipinski definition) is 10. The molecule has 1 atom stereocenters. The van der Waals surface area contributed by atoms with Crippen molar-refractivity contribution >= 4 is 65.0 Å². The number of nitrogens with one attached hydrogen (secondary N) is 10. The van der Waals surface area contributed by atoms with Crippen LogP contribution in [0.15, 0.2) is 0 Å². The predicted molar refractivity (Wildman–Crippen MR) is 176 cm³/mol. The lowest BCUT2D eigenvalue weighted by molar-refractivity contribution is -0.141. The van der Waals surface area contributed by atoms with Crippen LogP contribution in [0.25, 0.3) is 0 Å². The molecule has 3 rings (SSSR count). The maximum absolute atomic E-state index is 13.4. The van der Waals surface area contributed by atoms with Gasteiger partial charge in [-0.05, 0) is 25.7 Å². The van der Waals surface area contributed by atoms with Crippen molar-refractivity contribution in [3.63, 3.8) is 0 Å². The van der Waals surface area contributed by atoms with Crippen LogP contribution >= 0.6 is 0 Å². The molecule has 2 heterocycles. The Balaban J connectivity index is 1.59. The number of amides is 11. The first-order valence-electron chi connectivity index (χ1n) is 16.8. The summed E-state index contributed by atoms with van der Waals surface area (Å²) in [6.07, 6.45) is 2.48. The van der Waals surface area contributed by atoms with Crippen molar-refractivity contribution in [2.45, 2.75) is 56.5 Å². The second kappa shape index (κ2) is 20.1. The van der Waals surface area contributed by atoms with Crippen LogP contribution in [0.3, 0.4) is 0 Å². The molecule has 2 aliphatic heterocycles. The molecule has 3 fully saturated rings. The molecule has 0 aromatic carbocycles. The van der Waals surface area contributed by atoms with E-state index in [-0.39, 0.29) is 19.5 Å². The summed E-state index contributed by atoms with van der Waals surface area (Å²) in [5.41, 5.74) is -1.32. The van der Waals surface area contributed by atoms with Gasteiger partial charge in [0.2, 0.25) is 65.0 Å². The molecule has 1 unspecified atom stereocenters. The third-order valence-electron chi connectivity index (χ3n) is 8.33. The lowest BCUT2D eigenvalue weighted by Gasteiger charge is -2.32. The largest absolute Gasteiger partial charge is 0.354 e. The minimum atomic E-state index is -1.32. The van der Waals surface area contributed by atoms with E-state index in [1.165, 1.54) is 4.90 Å². The van der Waals surface area contributed by atoms with Crippen molar-refractivity contribution in [2.75, 3.05) is 65.4 Å². The van der Waals surface area contributed by atoms with Crippen LogP contribution in [0.2, 0.25) is 0 Å². The Morgan fingerprint density at radius 1 is 0.462 bits per heavy atom. The molecule has 0 aromatic rings. The average molecular weight is 736 g/mol. The Hall–Kier alpha value is -5.83. The van der Waals surface area contributed by atoms with Gasteiger partial charge in [-0.25, -0.2) is 0 Å². The summed E-state index contributed by atoms with van der Waals surface area (Å²) in [5.74, 6) is -7.26. The fourth-order valence-corrected chi connectivity index (χ4v) is 5.56. The Kier molecular flexibility index (Phi) is 15.7. The summed E-state index contributed by atoms with van der Waals surface area (Å²) in [4.78, 5) is 138. The summed E-state index contributed by atoms with van der Waals surface area (Å²) < 4.78 is 0. The molecule has 286 valence electrons. The van der Waals surface area contributed by atoms with Crippen molar-refractivity contribution in [3.05, 3.63) is 0 Å². The van der Waals surface area contributed by atoms with Gasteiger partial charge in [0.05, 0.1) is 52.4 Å². The van der Waals surface area contributed by atoms with Gasteiger partial charge in [0.25, 0.3) is 0 Å². The quantitative estimate of drug-likeness (QED) is 0.111. The standard InChI is InChI=1S/C30H45N11O11/c42-19-5-8-31-20(43)10-33-26(49)16-39-29(52)30(6-1-2-7-30)40-28(51)18-4-3-9-41(18)27(50)17-38-25(48)15-37-24(47)14-36-23(46)13-35-22(45)12-34-21(44)11-32-19/h18H,1-17H2,(H,31,43)(H,32,42)(H,33,49)(H,34,44)(H,35,45)(H,36,46)(H,37,47)(H,38,48)(H,39,52)(H,40,51). The molecule has 3 aliphatic rings. The zero-order valence-corrected chi connectivity index (χ0v) is 28.5. The molecule has 1 aliphatic carbocycles. The molecular weight excluding hydrogens is 690 g/mol. The van der Waals surface area contributed by atoms with Crippen molar-refractivity contribution in [1.29, 1.82) is 0 Å². The van der Waals surface area contributed by atoms with Crippen LogP contribution in [-0.4, -0.2) is 147 Å². The van der Waals surface area contributed by atoms with Crippen molar-refractivity contribution in [1.82, 2.24) is 58.1 Å². The van der Waals surface area contributed by atoms with Gasteiger partial charge >= 0.3 is 0 Å². The Labute approximate surface area is 297 Å². The van der Waals surface area contributed by atoms with E-state index in [4.69, 9.17) is 0 Å². The number of rotatable bonds is 0. The van der Waals surface area contributed by atoms with Crippen LogP contribution in [0.4, 0.5) is 0 Å². The fourth-order valence-electron chi connectivity index (χ4n) is 5.56. The van der Waals surface area contributed by atoms with Gasteiger partial charge < -0.3 is 58.1 Å². The average Bonchev–Trinajstić information content (AvgIpc) is 3.81. The number of carbonyl (C=O) groups excluding carboxylic acids is 11. The number of hydrogen-bond acceptors (Lipinski definition) is 11. The van der Waals surface area contributed by atoms with Gasteiger partial charge in [0, 0.05) is 19.5 Å². The van der Waals surface area contributed by atoms with Gasteiger partial charge in [-0.1, -0.05) is 12.8 Å². The van der Waals surface area contributed by atoms with Crippen LogP contribution in [0.1, 0.15) is 44.9 Å². The first kappa shape index (κ1) is 40.6. The Bertz CT molecular complexity index is 1430. The van der Waals surface area contributed by atoms with E-state index in [1.54, 1.807) is 0 Å². The first-order chi connectivity index (χ1) is 24.8. The summed E-state index contributed by atoms with van der Waals surface area (Å²) >= 11 is 0. The van der Waals surface area contributed by atoms with Gasteiger partial charge in [0.1, 0.15) is 11.6 Å². The zero-order chi connectivity index (χ0) is 38.1. The molecule has 1 spiro atoms. The second-order valence-electron chi connectivity index (χ2n) is 12.2. The molecule has 52 heavy (non-hydrogen) atoms. The highest BCUT2D eigenvalue weighted by Crippen LogP contribution is 2.31. The molecule has 0 radical (unpaired) electrons. The molecular formula is C30H45N11O11. The minimum absolute atomic E-state index is 0.119. The topological polar surface area (TPSA) is 311 Å². The third kappa shape index (κ3) is 13.5. The SMILES string of the molecule is O=C1CCNC(=O)CNC(=O)CNC(=O)C2(CCCC2)NC(=O)C2CCCN2C(=O)CNC(=O)CNC(=O)CNC(=O)CNC(=O)CNC(=O)CN1. The Morgan fingerprint density at radius 2 is 0.865 bits per heavy atom. The van der Waals surface area contributed by atoms with E-state index < -0.39 is 129 Å². The van der Waals surface area contributed by atoms with E-state index in [2.05, 4.69) is 53.2 Å². The van der Waals surface area contributed by atoms with Crippen molar-refractivity contribution in [3.8, 4) is 0 Å². The van der Waals surface area contributed by atoms with Crippen molar-refractivity contribution in [2.24, 2.45) is 0 Å². The highest BCUT2D eigenvalue weighted by Gasteiger charge is 2.45. The van der Waals surface area contributed by atoms with Crippen LogP contribution in [-0.2, 0) is 52.7 Å². The smallest absolute Gasteiger partial charge is 0.246 e. The predicted octanol–water partition coefficient (Wildman–Crippen LogP) is -7.14. The zero-order valence-electron chi connectivity index (χ0n) is 28.5. The molecule has 0 aromatic heterocycles. The van der Waals surface area contributed by atoms with E-state index >= 15 is 0 Å². The monoisotopic (exact) mass is 735 g/mol. The van der Waals surface area contributed by atoms with Crippen LogP contribution < -0.4 is 53.2 Å². The fraction of sp³-hybridized carbons (Fsp3) is 0.633. The molecule has 11 amide bonds. The van der Waals surface area contributed by atoms with E-state index in [1.807, 2.05) is 0 Å². The van der Waals surface area contributed by atoms with Gasteiger partial charge in [-0.2, -0.15) is 0 Å². The maximum atomic E-state index is 13.4. The lowest BCUT2D eigenvalue weighted by Crippen LogP contribution is -2.61. The maximum Gasteiger partial charge on any atom is 0.246 e. The molecule has 1 saturated carbocycles. The molecule has 10 N–H and O–H groups in total. The Morgan fingerprint density at radius 3 is 1.35 bits per heavy atom. The normalized spacial score (nSPS) is 23.6. The van der Waals surface area contributed by atoms with E-state index in [9.17, 15) is 52.7 Å². The molecule has 22 heteroatoms. The first-order valence-corrected chi connectivity index (χ1v) is 16.8. The van der Waals surface area contributed by atoms with Gasteiger partial charge in [0.15, 0.2) is 0 Å². The summed E-state index contributed by atoms with van der Waals surface area (Å²) in [5, 5.41) is 23.7. The van der Waals surface area contributed by atoms with Crippen LogP contribution in [0, 0.1) is 0 Å². The molecule has 22 nitrogen and oxygen atoms in total. The van der Waals surface area contributed by atoms with E-state index in [0.717, 1.165) is 0 Å². The van der Waals surface area contributed by atoms with Crippen LogP contribution in [0.5, 0.6) is 0 Å². The molecule has 2 saturated heterocycles. The third-order valence-corrected chi connectivity index (χ3v) is 8.33. The lowest BCUT2D eigenvalue weighted by atomic mass is 9.95. The minimum Gasteiger partial charge on any atom is -0.354 e. The molecule has 0 bridgehead atoms. The number of fused-ring (bicyclic) bond motifs is 1. The highest BCUT2D eigenvalue weighted by atomic mass is 16.2. The van der Waals surface area contributed by atoms with Crippen molar-refractivity contribution < 1.29 is 52.7 Å². The summed E-state index contributed by atoms with van der Waals surface area (Å²) in [7, 11) is 0. The summed E-state index contributed by atoms with van der Waals surface area (Å²) in [6.45, 7) is -3.87. The number of carbonyl (C=O) groups is 11. The summed E-state index contributed by atoms with van der Waals surface area (Å²) in [6, 6.07) is -0.905. The second-order valence-corrected chi connectivity index (χ2v) is 12.2.